The lowest BCUT2D eigenvalue weighted by molar-refractivity contribution is -0.121. The van der Waals surface area contributed by atoms with E-state index in [0.29, 0.717) is 12.4 Å². The zero-order chi connectivity index (χ0) is 13.9. The standard InChI is InChI=1S/C13H22N4O2/c1-17(9-5-2-6-10-18)11-13(19)16-15-12-7-3-4-8-14-12/h3-4,7-8,18H,2,5-6,9-11H2,1H3,(H,14,15)(H,16,19). The Kier molecular flexibility index (Phi) is 7.53. The Morgan fingerprint density at radius 1 is 1.37 bits per heavy atom. The zero-order valence-corrected chi connectivity index (χ0v) is 11.3. The van der Waals surface area contributed by atoms with E-state index in [4.69, 9.17) is 5.11 Å². The van der Waals surface area contributed by atoms with Crippen molar-refractivity contribution < 1.29 is 9.90 Å². The Balaban J connectivity index is 2.13. The van der Waals surface area contributed by atoms with Gasteiger partial charge in [0.15, 0.2) is 0 Å². The van der Waals surface area contributed by atoms with Gasteiger partial charge < -0.3 is 5.11 Å². The summed E-state index contributed by atoms with van der Waals surface area (Å²) >= 11 is 0. The maximum Gasteiger partial charge on any atom is 0.252 e. The molecular weight excluding hydrogens is 244 g/mol. The lowest BCUT2D eigenvalue weighted by atomic mass is 10.2. The van der Waals surface area contributed by atoms with Gasteiger partial charge in [0.05, 0.1) is 6.54 Å². The SMILES string of the molecule is CN(CCCCCO)CC(=O)NNc1ccccn1. The average molecular weight is 266 g/mol. The van der Waals surface area contributed by atoms with E-state index in [-0.39, 0.29) is 12.5 Å². The average Bonchev–Trinajstić information content (AvgIpc) is 2.42. The predicted octanol–water partition coefficient (Wildman–Crippen LogP) is 0.619. The zero-order valence-electron chi connectivity index (χ0n) is 11.3. The van der Waals surface area contributed by atoms with Gasteiger partial charge in [-0.1, -0.05) is 6.07 Å². The first-order valence-corrected chi connectivity index (χ1v) is 6.47. The van der Waals surface area contributed by atoms with Crippen LogP contribution in [0.1, 0.15) is 19.3 Å². The summed E-state index contributed by atoms with van der Waals surface area (Å²) in [4.78, 5) is 17.6. The van der Waals surface area contributed by atoms with Crippen LogP contribution in [0.2, 0.25) is 0 Å². The number of hydrazine groups is 1. The van der Waals surface area contributed by atoms with Gasteiger partial charge in [0.1, 0.15) is 5.82 Å². The van der Waals surface area contributed by atoms with Gasteiger partial charge in [-0.2, -0.15) is 0 Å². The van der Waals surface area contributed by atoms with Crippen LogP contribution in [0.4, 0.5) is 5.82 Å². The molecule has 0 saturated carbocycles. The maximum absolute atomic E-state index is 11.6. The summed E-state index contributed by atoms with van der Waals surface area (Å²) < 4.78 is 0. The van der Waals surface area contributed by atoms with Gasteiger partial charge in [-0.05, 0) is 45.0 Å². The van der Waals surface area contributed by atoms with Crippen molar-refractivity contribution in [1.29, 1.82) is 0 Å². The first-order chi connectivity index (χ1) is 9.22. The summed E-state index contributed by atoms with van der Waals surface area (Å²) in [5.74, 6) is 0.511. The number of anilines is 1. The number of pyridine rings is 1. The quantitative estimate of drug-likeness (QED) is 0.451. The highest BCUT2D eigenvalue weighted by atomic mass is 16.2. The number of nitrogens with zero attached hydrogens (tertiary/aromatic N) is 2. The van der Waals surface area contributed by atoms with E-state index in [0.717, 1.165) is 25.8 Å². The van der Waals surface area contributed by atoms with E-state index >= 15 is 0 Å². The molecule has 1 heterocycles. The van der Waals surface area contributed by atoms with E-state index in [1.54, 1.807) is 12.3 Å². The summed E-state index contributed by atoms with van der Waals surface area (Å²) in [6, 6.07) is 5.43. The molecule has 106 valence electrons. The topological polar surface area (TPSA) is 77.5 Å². The number of unbranched alkanes of at least 4 members (excludes halogenated alkanes) is 2. The fraction of sp³-hybridized carbons (Fsp3) is 0.538. The number of amides is 1. The molecule has 1 rings (SSSR count). The highest BCUT2D eigenvalue weighted by Gasteiger charge is 2.05. The van der Waals surface area contributed by atoms with Crippen LogP contribution in [-0.4, -0.2) is 47.6 Å². The Morgan fingerprint density at radius 2 is 2.21 bits per heavy atom. The summed E-state index contributed by atoms with van der Waals surface area (Å²) in [5.41, 5.74) is 5.35. The molecule has 0 spiro atoms. The van der Waals surface area contributed by atoms with Crippen LogP contribution in [0.3, 0.4) is 0 Å². The van der Waals surface area contributed by atoms with Crippen LogP contribution in [0, 0.1) is 0 Å². The summed E-state index contributed by atoms with van der Waals surface area (Å²) in [6.45, 7) is 1.41. The molecular formula is C13H22N4O2. The smallest absolute Gasteiger partial charge is 0.252 e. The normalized spacial score (nSPS) is 10.5. The third kappa shape index (κ3) is 7.38. The Bertz CT molecular complexity index is 359. The van der Waals surface area contributed by atoms with E-state index in [1.165, 1.54) is 0 Å². The fourth-order valence-corrected chi connectivity index (χ4v) is 1.60. The molecule has 0 radical (unpaired) electrons. The van der Waals surface area contributed by atoms with Crippen molar-refractivity contribution in [2.75, 3.05) is 32.2 Å². The van der Waals surface area contributed by atoms with Crippen molar-refractivity contribution in [2.45, 2.75) is 19.3 Å². The number of carbonyl (C=O) groups excluding carboxylic acids is 1. The monoisotopic (exact) mass is 266 g/mol. The van der Waals surface area contributed by atoms with Gasteiger partial charge in [-0.25, -0.2) is 4.98 Å². The lowest BCUT2D eigenvalue weighted by Crippen LogP contribution is -2.38. The van der Waals surface area contributed by atoms with E-state index < -0.39 is 0 Å². The minimum atomic E-state index is -0.102. The minimum absolute atomic E-state index is 0.102. The molecule has 0 atom stereocenters. The molecule has 0 saturated heterocycles. The van der Waals surface area contributed by atoms with Gasteiger partial charge in [-0.15, -0.1) is 0 Å². The second-order valence-electron chi connectivity index (χ2n) is 4.41. The van der Waals surface area contributed by atoms with Crippen molar-refractivity contribution in [3.8, 4) is 0 Å². The van der Waals surface area contributed by atoms with Gasteiger partial charge in [-0.3, -0.25) is 20.5 Å². The van der Waals surface area contributed by atoms with Crippen molar-refractivity contribution in [1.82, 2.24) is 15.3 Å². The molecule has 0 aliphatic heterocycles. The second-order valence-corrected chi connectivity index (χ2v) is 4.41. The van der Waals surface area contributed by atoms with Crippen LogP contribution in [0.25, 0.3) is 0 Å². The molecule has 0 bridgehead atoms. The number of nitrogens with one attached hydrogen (secondary N) is 2. The van der Waals surface area contributed by atoms with Gasteiger partial charge in [0.25, 0.3) is 5.91 Å². The summed E-state index contributed by atoms with van der Waals surface area (Å²) in [7, 11) is 1.90. The number of hydrogen-bond acceptors (Lipinski definition) is 5. The predicted molar refractivity (Wildman–Crippen MR) is 74.4 cm³/mol. The minimum Gasteiger partial charge on any atom is -0.396 e. The molecule has 1 amide bonds. The Morgan fingerprint density at radius 3 is 2.89 bits per heavy atom. The number of aliphatic hydroxyl groups excluding tert-OH is 1. The molecule has 0 unspecified atom stereocenters. The number of rotatable bonds is 9. The fourth-order valence-electron chi connectivity index (χ4n) is 1.60. The number of carbonyl (C=O) groups is 1. The van der Waals surface area contributed by atoms with Crippen LogP contribution in [0.5, 0.6) is 0 Å². The molecule has 6 heteroatoms. The van der Waals surface area contributed by atoms with Crippen LogP contribution >= 0.6 is 0 Å². The second kappa shape index (κ2) is 9.29. The van der Waals surface area contributed by atoms with Crippen LogP contribution < -0.4 is 10.9 Å². The van der Waals surface area contributed by atoms with Crippen molar-refractivity contribution in [3.05, 3.63) is 24.4 Å². The van der Waals surface area contributed by atoms with Gasteiger partial charge in [0, 0.05) is 12.8 Å². The number of likely N-dealkylation sites (N-methyl/N-ethyl adjacent to an activating group) is 1. The van der Waals surface area contributed by atoms with Crippen LogP contribution in [0.15, 0.2) is 24.4 Å². The highest BCUT2D eigenvalue weighted by Crippen LogP contribution is 1.98. The lowest BCUT2D eigenvalue weighted by Gasteiger charge is -2.16. The molecule has 0 aromatic carbocycles. The third-order valence-corrected chi connectivity index (χ3v) is 2.61. The van der Waals surface area contributed by atoms with Crippen molar-refractivity contribution in [2.24, 2.45) is 0 Å². The molecule has 0 aliphatic carbocycles. The third-order valence-electron chi connectivity index (χ3n) is 2.61. The van der Waals surface area contributed by atoms with Gasteiger partial charge in [0.2, 0.25) is 0 Å². The molecule has 0 aliphatic rings. The van der Waals surface area contributed by atoms with Crippen molar-refractivity contribution >= 4 is 11.7 Å². The van der Waals surface area contributed by atoms with E-state index in [2.05, 4.69) is 15.8 Å². The van der Waals surface area contributed by atoms with E-state index in [9.17, 15) is 4.79 Å². The molecule has 0 fully saturated rings. The van der Waals surface area contributed by atoms with Gasteiger partial charge >= 0.3 is 0 Å². The van der Waals surface area contributed by atoms with Crippen molar-refractivity contribution in [3.63, 3.8) is 0 Å². The largest absolute Gasteiger partial charge is 0.396 e. The highest BCUT2D eigenvalue weighted by molar-refractivity contribution is 5.79. The molecule has 19 heavy (non-hydrogen) atoms. The first-order valence-electron chi connectivity index (χ1n) is 6.47. The number of aliphatic hydroxyl groups is 1. The number of aromatic nitrogens is 1. The Hall–Kier alpha value is -1.66. The van der Waals surface area contributed by atoms with Crippen LogP contribution in [-0.2, 0) is 4.79 Å². The Labute approximate surface area is 113 Å². The maximum atomic E-state index is 11.6. The van der Waals surface area contributed by atoms with E-state index in [1.807, 2.05) is 24.1 Å². The molecule has 1 aromatic heterocycles. The number of hydrogen-bond donors (Lipinski definition) is 3. The summed E-state index contributed by atoms with van der Waals surface area (Å²) in [5, 5.41) is 8.66. The summed E-state index contributed by atoms with van der Waals surface area (Å²) in [6.07, 6.45) is 4.44. The first kappa shape index (κ1) is 15.4. The molecule has 1 aromatic rings. The molecule has 3 N–H and O–H groups in total. The molecule has 6 nitrogen and oxygen atoms in total.